The number of hydrogen-bond acceptors (Lipinski definition) is 2. The second-order valence-electron chi connectivity index (χ2n) is 3.90. The van der Waals surface area contributed by atoms with Gasteiger partial charge in [-0.05, 0) is 26.7 Å². The van der Waals surface area contributed by atoms with Crippen molar-refractivity contribution in [3.63, 3.8) is 0 Å². The largest absolute Gasteiger partial charge is 0.385 e. The fraction of sp³-hybridized carbons (Fsp3) is 1.00. The smallest absolute Gasteiger partial charge is 0.0474 e. The van der Waals surface area contributed by atoms with E-state index in [-0.39, 0.29) is 0 Å². The summed E-state index contributed by atoms with van der Waals surface area (Å²) >= 11 is 0. The van der Waals surface area contributed by atoms with Crippen LogP contribution in [0.5, 0.6) is 0 Å². The Balaban J connectivity index is 2.08. The van der Waals surface area contributed by atoms with Gasteiger partial charge in [0.05, 0.1) is 0 Å². The van der Waals surface area contributed by atoms with Crippen molar-refractivity contribution in [2.24, 2.45) is 0 Å². The third-order valence-electron chi connectivity index (χ3n) is 2.63. The summed E-state index contributed by atoms with van der Waals surface area (Å²) in [5, 5.41) is 0. The molecule has 1 aliphatic rings. The second kappa shape index (κ2) is 3.55. The van der Waals surface area contributed by atoms with Gasteiger partial charge in [-0.25, -0.2) is 0 Å². The van der Waals surface area contributed by atoms with Gasteiger partial charge >= 0.3 is 0 Å². The van der Waals surface area contributed by atoms with Crippen LogP contribution in [0.15, 0.2) is 0 Å². The third-order valence-corrected chi connectivity index (χ3v) is 2.63. The van der Waals surface area contributed by atoms with Gasteiger partial charge < -0.3 is 4.74 Å². The molecule has 11 heavy (non-hydrogen) atoms. The van der Waals surface area contributed by atoms with E-state index < -0.39 is 0 Å². The van der Waals surface area contributed by atoms with E-state index in [0.29, 0.717) is 5.54 Å². The molecule has 0 radical (unpaired) electrons. The lowest BCUT2D eigenvalue weighted by molar-refractivity contribution is 0.00947. The Bertz CT molecular complexity index is 123. The van der Waals surface area contributed by atoms with E-state index in [9.17, 15) is 0 Å². The van der Waals surface area contributed by atoms with Crippen molar-refractivity contribution in [3.05, 3.63) is 0 Å². The van der Waals surface area contributed by atoms with Crippen LogP contribution in [0.2, 0.25) is 0 Å². The van der Waals surface area contributed by atoms with Crippen molar-refractivity contribution in [1.82, 2.24) is 4.90 Å². The molecule has 0 unspecified atom stereocenters. The van der Waals surface area contributed by atoms with Crippen LogP contribution in [0.4, 0.5) is 0 Å². The van der Waals surface area contributed by atoms with Gasteiger partial charge in [-0.2, -0.15) is 0 Å². The van der Waals surface area contributed by atoms with E-state index in [1.54, 1.807) is 7.11 Å². The Morgan fingerprint density at radius 2 is 2.18 bits per heavy atom. The van der Waals surface area contributed by atoms with E-state index in [1.165, 1.54) is 25.9 Å². The summed E-state index contributed by atoms with van der Waals surface area (Å²) in [7, 11) is 1.77. The van der Waals surface area contributed by atoms with Gasteiger partial charge in [0.15, 0.2) is 0 Å². The molecular weight excluding hydrogens is 138 g/mol. The maximum Gasteiger partial charge on any atom is 0.0474 e. The zero-order valence-electron chi connectivity index (χ0n) is 7.89. The zero-order chi connectivity index (χ0) is 8.32. The minimum absolute atomic E-state index is 0.466. The lowest BCUT2D eigenvalue weighted by atomic mass is 9.89. The van der Waals surface area contributed by atoms with E-state index in [1.807, 2.05) is 0 Å². The van der Waals surface area contributed by atoms with Crippen molar-refractivity contribution >= 4 is 0 Å². The predicted molar refractivity (Wildman–Crippen MR) is 46.8 cm³/mol. The fourth-order valence-corrected chi connectivity index (χ4v) is 1.53. The van der Waals surface area contributed by atoms with Gasteiger partial charge in [0.1, 0.15) is 0 Å². The first-order chi connectivity index (χ1) is 5.17. The molecule has 0 aromatic rings. The van der Waals surface area contributed by atoms with Crippen LogP contribution in [0, 0.1) is 0 Å². The molecular formula is C9H19NO. The van der Waals surface area contributed by atoms with Crippen molar-refractivity contribution in [2.45, 2.75) is 32.2 Å². The topological polar surface area (TPSA) is 12.5 Å². The van der Waals surface area contributed by atoms with Crippen LogP contribution >= 0.6 is 0 Å². The van der Waals surface area contributed by atoms with E-state index >= 15 is 0 Å². The molecule has 0 N–H and O–H groups in total. The molecule has 0 aromatic carbocycles. The molecule has 0 spiro atoms. The average Bonchev–Trinajstić information content (AvgIpc) is 1.96. The summed E-state index contributed by atoms with van der Waals surface area (Å²) in [5.41, 5.74) is 0.466. The number of hydrogen-bond donors (Lipinski definition) is 0. The molecule has 1 fully saturated rings. The lowest BCUT2D eigenvalue weighted by Crippen LogP contribution is -2.55. The van der Waals surface area contributed by atoms with Gasteiger partial charge in [-0.1, -0.05) is 0 Å². The maximum atomic E-state index is 5.00. The molecule has 0 amide bonds. The summed E-state index contributed by atoms with van der Waals surface area (Å²) in [5.74, 6) is 0. The third kappa shape index (κ3) is 2.17. The molecule has 0 bridgehead atoms. The molecule has 1 aliphatic heterocycles. The molecule has 2 nitrogen and oxygen atoms in total. The summed E-state index contributed by atoms with van der Waals surface area (Å²) in [6, 6.07) is 0. The highest BCUT2D eigenvalue weighted by Gasteiger charge is 2.34. The van der Waals surface area contributed by atoms with E-state index in [2.05, 4.69) is 18.7 Å². The van der Waals surface area contributed by atoms with Crippen LogP contribution in [0.25, 0.3) is 0 Å². The quantitative estimate of drug-likeness (QED) is 0.573. The Labute approximate surface area is 69.5 Å². The minimum Gasteiger partial charge on any atom is -0.385 e. The van der Waals surface area contributed by atoms with Crippen LogP contribution in [-0.2, 0) is 4.74 Å². The van der Waals surface area contributed by atoms with Crippen LogP contribution in [-0.4, -0.2) is 37.2 Å². The van der Waals surface area contributed by atoms with Crippen molar-refractivity contribution in [2.75, 3.05) is 26.8 Å². The predicted octanol–water partition coefficient (Wildman–Crippen LogP) is 1.51. The monoisotopic (exact) mass is 157 g/mol. The van der Waals surface area contributed by atoms with Gasteiger partial charge in [0.2, 0.25) is 0 Å². The molecule has 66 valence electrons. The van der Waals surface area contributed by atoms with Gasteiger partial charge in [0, 0.05) is 32.3 Å². The minimum atomic E-state index is 0.466. The summed E-state index contributed by atoms with van der Waals surface area (Å²) in [6.45, 7) is 7.98. The Morgan fingerprint density at radius 3 is 2.55 bits per heavy atom. The molecule has 2 heteroatoms. The van der Waals surface area contributed by atoms with E-state index in [4.69, 9.17) is 4.74 Å². The molecule has 1 rings (SSSR count). The van der Waals surface area contributed by atoms with Crippen LogP contribution in [0.3, 0.4) is 0 Å². The highest BCUT2D eigenvalue weighted by atomic mass is 16.5. The Hall–Kier alpha value is -0.0800. The Kier molecular flexibility index (Phi) is 2.90. The second-order valence-corrected chi connectivity index (χ2v) is 3.90. The first-order valence-corrected chi connectivity index (χ1v) is 4.41. The van der Waals surface area contributed by atoms with Gasteiger partial charge in [0.25, 0.3) is 0 Å². The van der Waals surface area contributed by atoms with Crippen molar-refractivity contribution < 1.29 is 4.74 Å². The first-order valence-electron chi connectivity index (χ1n) is 4.41. The standard InChI is InChI=1S/C9H19NO/c1-9(2)5-7-10(9)6-4-8-11-3/h4-8H2,1-3H3. The molecule has 1 saturated heterocycles. The van der Waals surface area contributed by atoms with Crippen molar-refractivity contribution in [1.29, 1.82) is 0 Å². The summed E-state index contributed by atoms with van der Waals surface area (Å²) < 4.78 is 5.00. The average molecular weight is 157 g/mol. The molecule has 0 saturated carbocycles. The van der Waals surface area contributed by atoms with Crippen LogP contribution < -0.4 is 0 Å². The Morgan fingerprint density at radius 1 is 1.45 bits per heavy atom. The van der Waals surface area contributed by atoms with E-state index in [0.717, 1.165) is 6.61 Å². The maximum absolute atomic E-state index is 5.00. The molecule has 0 atom stereocenters. The van der Waals surface area contributed by atoms with Crippen molar-refractivity contribution in [3.8, 4) is 0 Å². The lowest BCUT2D eigenvalue weighted by Gasteiger charge is -2.48. The summed E-state index contributed by atoms with van der Waals surface area (Å²) in [6.07, 6.45) is 2.51. The van der Waals surface area contributed by atoms with Gasteiger partial charge in [-0.3, -0.25) is 4.90 Å². The zero-order valence-corrected chi connectivity index (χ0v) is 7.89. The summed E-state index contributed by atoms with van der Waals surface area (Å²) in [4.78, 5) is 2.52. The fourth-order valence-electron chi connectivity index (χ4n) is 1.53. The normalized spacial score (nSPS) is 23.2. The molecule has 1 heterocycles. The number of rotatable bonds is 4. The molecule has 0 aromatic heterocycles. The highest BCUT2D eigenvalue weighted by Crippen LogP contribution is 2.28. The SMILES string of the molecule is COCCCN1CCC1(C)C. The number of likely N-dealkylation sites (tertiary alicyclic amines) is 1. The first kappa shape index (κ1) is 9.01. The number of methoxy groups -OCH3 is 1. The molecule has 0 aliphatic carbocycles. The number of ether oxygens (including phenoxy) is 1. The number of nitrogens with zero attached hydrogens (tertiary/aromatic N) is 1. The van der Waals surface area contributed by atoms with Crippen LogP contribution in [0.1, 0.15) is 26.7 Å². The van der Waals surface area contributed by atoms with Gasteiger partial charge in [-0.15, -0.1) is 0 Å². The highest BCUT2D eigenvalue weighted by molar-refractivity contribution is 4.91.